The fraction of sp³-hybridized carbons (Fsp3) is 0.533. The van der Waals surface area contributed by atoms with Crippen molar-refractivity contribution >= 4 is 18.3 Å². The van der Waals surface area contributed by atoms with Crippen LogP contribution in [0, 0.1) is 5.92 Å². The minimum Gasteiger partial charge on any atom is -0.339 e. The summed E-state index contributed by atoms with van der Waals surface area (Å²) >= 11 is 0. The lowest BCUT2D eigenvalue weighted by Gasteiger charge is -2.33. The van der Waals surface area contributed by atoms with Crippen molar-refractivity contribution in [1.29, 1.82) is 0 Å². The summed E-state index contributed by atoms with van der Waals surface area (Å²) < 4.78 is 0. The Labute approximate surface area is 120 Å². The van der Waals surface area contributed by atoms with Gasteiger partial charge in [0.2, 0.25) is 5.91 Å². The third-order valence-electron chi connectivity index (χ3n) is 4.11. The van der Waals surface area contributed by atoms with Gasteiger partial charge in [0.05, 0.1) is 5.92 Å². The van der Waals surface area contributed by atoms with E-state index < -0.39 is 0 Å². The molecular weight excluding hydrogens is 260 g/mol. The van der Waals surface area contributed by atoms with Crippen molar-refractivity contribution in [1.82, 2.24) is 10.2 Å². The summed E-state index contributed by atoms with van der Waals surface area (Å²) in [5, 5.41) is 3.18. The molecule has 2 aliphatic rings. The van der Waals surface area contributed by atoms with E-state index in [4.69, 9.17) is 0 Å². The average Bonchev–Trinajstić information content (AvgIpc) is 2.76. The monoisotopic (exact) mass is 280 g/mol. The molecule has 0 spiro atoms. The minimum absolute atomic E-state index is 0. The van der Waals surface area contributed by atoms with Crippen LogP contribution in [0.5, 0.6) is 0 Å². The number of rotatable bonds is 3. The molecule has 1 aromatic rings. The molecule has 104 valence electrons. The fourth-order valence-corrected chi connectivity index (χ4v) is 2.92. The molecule has 2 fully saturated rings. The van der Waals surface area contributed by atoms with Crippen molar-refractivity contribution in [2.75, 3.05) is 19.6 Å². The maximum Gasteiger partial charge on any atom is 0.228 e. The molecule has 0 aliphatic carbocycles. The molecule has 2 aliphatic heterocycles. The van der Waals surface area contributed by atoms with Crippen LogP contribution in [0.3, 0.4) is 0 Å². The summed E-state index contributed by atoms with van der Waals surface area (Å²) in [6, 6.07) is 10.9. The molecule has 1 aromatic carbocycles. The Kier molecular flexibility index (Phi) is 4.83. The standard InChI is InChI=1S/C15H20N2O.ClH/c18-15(13-10-16-11-13)17-8-4-7-14(17)9-12-5-2-1-3-6-12;/h1-3,5-6,13-14,16H,4,7-11H2;1H. The average molecular weight is 281 g/mol. The second-order valence-electron chi connectivity index (χ2n) is 5.37. The summed E-state index contributed by atoms with van der Waals surface area (Å²) in [6.45, 7) is 2.69. The van der Waals surface area contributed by atoms with Crippen LogP contribution in [0.15, 0.2) is 30.3 Å². The van der Waals surface area contributed by atoms with Gasteiger partial charge in [-0.05, 0) is 24.8 Å². The molecule has 1 unspecified atom stereocenters. The van der Waals surface area contributed by atoms with E-state index in [-0.39, 0.29) is 18.3 Å². The number of nitrogens with one attached hydrogen (secondary N) is 1. The van der Waals surface area contributed by atoms with Gasteiger partial charge in [0, 0.05) is 25.7 Å². The van der Waals surface area contributed by atoms with Crippen molar-refractivity contribution in [2.24, 2.45) is 5.92 Å². The molecule has 0 bridgehead atoms. The van der Waals surface area contributed by atoms with Gasteiger partial charge in [-0.15, -0.1) is 12.4 Å². The number of carbonyl (C=O) groups is 1. The van der Waals surface area contributed by atoms with Crippen LogP contribution in [0.25, 0.3) is 0 Å². The number of benzene rings is 1. The van der Waals surface area contributed by atoms with E-state index in [1.165, 1.54) is 5.56 Å². The first kappa shape index (κ1) is 14.4. The SMILES string of the molecule is Cl.O=C(C1CNC1)N1CCCC1Cc1ccccc1. The zero-order chi connectivity index (χ0) is 12.4. The Hall–Kier alpha value is -1.06. The number of carbonyl (C=O) groups excluding carboxylic acids is 1. The summed E-state index contributed by atoms with van der Waals surface area (Å²) in [7, 11) is 0. The van der Waals surface area contributed by atoms with Gasteiger partial charge >= 0.3 is 0 Å². The van der Waals surface area contributed by atoms with Gasteiger partial charge in [-0.1, -0.05) is 30.3 Å². The maximum atomic E-state index is 12.3. The fourth-order valence-electron chi connectivity index (χ4n) is 2.92. The van der Waals surface area contributed by atoms with Crippen LogP contribution in [0.4, 0.5) is 0 Å². The lowest BCUT2D eigenvalue weighted by Crippen LogP contribution is -2.53. The van der Waals surface area contributed by atoms with E-state index in [0.717, 1.165) is 38.9 Å². The Bertz CT molecular complexity index is 419. The van der Waals surface area contributed by atoms with E-state index in [1.54, 1.807) is 0 Å². The number of hydrogen-bond donors (Lipinski definition) is 1. The van der Waals surface area contributed by atoms with Crippen molar-refractivity contribution in [3.05, 3.63) is 35.9 Å². The highest BCUT2D eigenvalue weighted by molar-refractivity contribution is 5.85. The molecule has 1 atom stereocenters. The third kappa shape index (κ3) is 3.10. The molecule has 2 saturated heterocycles. The summed E-state index contributed by atoms with van der Waals surface area (Å²) in [5.41, 5.74) is 1.34. The number of likely N-dealkylation sites (tertiary alicyclic amines) is 1. The Morgan fingerprint density at radius 2 is 2.00 bits per heavy atom. The topological polar surface area (TPSA) is 32.3 Å². The molecule has 0 aromatic heterocycles. The largest absolute Gasteiger partial charge is 0.339 e. The van der Waals surface area contributed by atoms with Gasteiger partial charge in [-0.25, -0.2) is 0 Å². The smallest absolute Gasteiger partial charge is 0.228 e. The second kappa shape index (κ2) is 6.40. The van der Waals surface area contributed by atoms with Crippen LogP contribution in [-0.4, -0.2) is 36.5 Å². The zero-order valence-corrected chi connectivity index (χ0v) is 11.9. The first-order valence-electron chi connectivity index (χ1n) is 6.90. The lowest BCUT2D eigenvalue weighted by molar-refractivity contribution is -0.137. The van der Waals surface area contributed by atoms with Crippen molar-refractivity contribution in [2.45, 2.75) is 25.3 Å². The predicted octanol–water partition coefficient (Wildman–Crippen LogP) is 1.86. The molecule has 0 radical (unpaired) electrons. The summed E-state index contributed by atoms with van der Waals surface area (Å²) in [5.74, 6) is 0.605. The maximum absolute atomic E-state index is 12.3. The lowest BCUT2D eigenvalue weighted by atomic mass is 9.99. The first-order valence-corrected chi connectivity index (χ1v) is 6.90. The number of hydrogen-bond acceptors (Lipinski definition) is 2. The molecule has 1 amide bonds. The molecule has 1 N–H and O–H groups in total. The van der Waals surface area contributed by atoms with E-state index in [1.807, 2.05) is 6.07 Å². The highest BCUT2D eigenvalue weighted by atomic mass is 35.5. The van der Waals surface area contributed by atoms with Crippen LogP contribution < -0.4 is 5.32 Å². The van der Waals surface area contributed by atoms with E-state index in [2.05, 4.69) is 34.5 Å². The molecule has 3 nitrogen and oxygen atoms in total. The Morgan fingerprint density at radius 3 is 2.63 bits per heavy atom. The normalized spacial score (nSPS) is 22.7. The molecule has 0 saturated carbocycles. The van der Waals surface area contributed by atoms with Gasteiger partial charge in [0.1, 0.15) is 0 Å². The highest BCUT2D eigenvalue weighted by Crippen LogP contribution is 2.24. The number of halogens is 1. The number of nitrogens with zero attached hydrogens (tertiary/aromatic N) is 1. The van der Waals surface area contributed by atoms with E-state index in [9.17, 15) is 4.79 Å². The van der Waals surface area contributed by atoms with Gasteiger partial charge in [0.25, 0.3) is 0 Å². The molecular formula is C15H21ClN2O. The molecule has 4 heteroatoms. The Morgan fingerprint density at radius 1 is 1.26 bits per heavy atom. The summed E-state index contributed by atoms with van der Waals surface area (Å²) in [6.07, 6.45) is 3.32. The van der Waals surface area contributed by atoms with Crippen LogP contribution in [-0.2, 0) is 11.2 Å². The number of amides is 1. The van der Waals surface area contributed by atoms with Gasteiger partial charge < -0.3 is 10.2 Å². The zero-order valence-electron chi connectivity index (χ0n) is 11.0. The predicted molar refractivity (Wildman–Crippen MR) is 78.5 cm³/mol. The highest BCUT2D eigenvalue weighted by Gasteiger charge is 2.35. The van der Waals surface area contributed by atoms with E-state index >= 15 is 0 Å². The first-order chi connectivity index (χ1) is 8.84. The minimum atomic E-state index is 0. The van der Waals surface area contributed by atoms with Crippen LogP contribution in [0.2, 0.25) is 0 Å². The summed E-state index contributed by atoms with van der Waals surface area (Å²) in [4.78, 5) is 14.4. The Balaban J connectivity index is 0.00000133. The molecule has 19 heavy (non-hydrogen) atoms. The van der Waals surface area contributed by atoms with Gasteiger partial charge in [0.15, 0.2) is 0 Å². The third-order valence-corrected chi connectivity index (χ3v) is 4.11. The second-order valence-corrected chi connectivity index (χ2v) is 5.37. The van der Waals surface area contributed by atoms with E-state index in [0.29, 0.717) is 11.9 Å². The molecule has 3 rings (SSSR count). The molecule has 2 heterocycles. The van der Waals surface area contributed by atoms with Crippen molar-refractivity contribution in [3.63, 3.8) is 0 Å². The van der Waals surface area contributed by atoms with Gasteiger partial charge in [-0.3, -0.25) is 4.79 Å². The van der Waals surface area contributed by atoms with Crippen molar-refractivity contribution < 1.29 is 4.79 Å². The van der Waals surface area contributed by atoms with Gasteiger partial charge in [-0.2, -0.15) is 0 Å². The van der Waals surface area contributed by atoms with Crippen LogP contribution >= 0.6 is 12.4 Å². The van der Waals surface area contributed by atoms with Crippen LogP contribution in [0.1, 0.15) is 18.4 Å². The quantitative estimate of drug-likeness (QED) is 0.917. The van der Waals surface area contributed by atoms with Crippen molar-refractivity contribution in [3.8, 4) is 0 Å².